The summed E-state index contributed by atoms with van der Waals surface area (Å²) in [4.78, 5) is 13.6. The van der Waals surface area contributed by atoms with E-state index in [-0.39, 0.29) is 30.3 Å². The standard InChI is InChI=1S/C16H24F2N2O/c1-16(2,3)9-12(19)8-15(21)20(4)10-11-5-6-13(17)14(18)7-11/h5-7,12H,8-10,19H2,1-4H3. The lowest BCUT2D eigenvalue weighted by Gasteiger charge is -2.25. The van der Waals surface area contributed by atoms with Crippen LogP contribution in [0.25, 0.3) is 0 Å². The number of nitrogens with zero attached hydrogens (tertiary/aromatic N) is 1. The summed E-state index contributed by atoms with van der Waals surface area (Å²) in [6.45, 7) is 6.45. The van der Waals surface area contributed by atoms with E-state index in [2.05, 4.69) is 20.8 Å². The van der Waals surface area contributed by atoms with Crippen molar-refractivity contribution in [1.29, 1.82) is 0 Å². The minimum Gasteiger partial charge on any atom is -0.341 e. The minimum absolute atomic E-state index is 0.0678. The molecule has 1 aromatic rings. The third-order valence-electron chi connectivity index (χ3n) is 3.14. The number of rotatable bonds is 5. The Morgan fingerprint density at radius 3 is 2.43 bits per heavy atom. The first-order chi connectivity index (χ1) is 9.58. The summed E-state index contributed by atoms with van der Waals surface area (Å²) in [5, 5.41) is 0. The molecule has 1 aromatic carbocycles. The molecule has 1 amide bonds. The Labute approximate surface area is 125 Å². The predicted octanol–water partition coefficient (Wildman–Crippen LogP) is 3.08. The highest BCUT2D eigenvalue weighted by Gasteiger charge is 2.20. The lowest BCUT2D eigenvalue weighted by Crippen LogP contribution is -2.35. The number of nitrogens with two attached hydrogens (primary N) is 1. The average molecular weight is 298 g/mol. The topological polar surface area (TPSA) is 46.3 Å². The second-order valence-electron chi connectivity index (χ2n) is 6.73. The zero-order chi connectivity index (χ0) is 16.2. The zero-order valence-electron chi connectivity index (χ0n) is 13.1. The summed E-state index contributed by atoms with van der Waals surface area (Å²) < 4.78 is 26.0. The fourth-order valence-corrected chi connectivity index (χ4v) is 2.24. The van der Waals surface area contributed by atoms with Gasteiger partial charge in [-0.25, -0.2) is 8.78 Å². The highest BCUT2D eigenvalue weighted by Crippen LogP contribution is 2.21. The minimum atomic E-state index is -0.905. The smallest absolute Gasteiger partial charge is 0.224 e. The monoisotopic (exact) mass is 298 g/mol. The van der Waals surface area contributed by atoms with Crippen molar-refractivity contribution in [2.24, 2.45) is 11.1 Å². The van der Waals surface area contributed by atoms with Crippen LogP contribution in [0.3, 0.4) is 0 Å². The summed E-state index contributed by atoms with van der Waals surface area (Å²) in [5.74, 6) is -1.89. The molecule has 3 nitrogen and oxygen atoms in total. The van der Waals surface area contributed by atoms with Crippen molar-refractivity contribution in [1.82, 2.24) is 4.90 Å². The Bertz CT molecular complexity index is 498. The van der Waals surface area contributed by atoms with Crippen LogP contribution in [0.1, 0.15) is 39.2 Å². The fourth-order valence-electron chi connectivity index (χ4n) is 2.24. The first kappa shape index (κ1) is 17.6. The van der Waals surface area contributed by atoms with Gasteiger partial charge in [-0.1, -0.05) is 26.8 Å². The van der Waals surface area contributed by atoms with Crippen LogP contribution in [0.15, 0.2) is 18.2 Å². The normalized spacial score (nSPS) is 13.1. The lowest BCUT2D eigenvalue weighted by molar-refractivity contribution is -0.130. The van der Waals surface area contributed by atoms with E-state index in [9.17, 15) is 13.6 Å². The lowest BCUT2D eigenvalue weighted by atomic mass is 9.87. The second-order valence-corrected chi connectivity index (χ2v) is 6.73. The number of carbonyl (C=O) groups is 1. The molecule has 0 spiro atoms. The summed E-state index contributed by atoms with van der Waals surface area (Å²) in [7, 11) is 1.63. The molecule has 0 bridgehead atoms. The molecule has 0 aliphatic heterocycles. The number of benzene rings is 1. The fraction of sp³-hybridized carbons (Fsp3) is 0.562. The van der Waals surface area contributed by atoms with Gasteiger partial charge < -0.3 is 10.6 Å². The maximum Gasteiger partial charge on any atom is 0.224 e. The van der Waals surface area contributed by atoms with Crippen molar-refractivity contribution in [2.75, 3.05) is 7.05 Å². The molecule has 0 saturated heterocycles. The van der Waals surface area contributed by atoms with E-state index in [0.717, 1.165) is 18.6 Å². The molecule has 0 saturated carbocycles. The van der Waals surface area contributed by atoms with Gasteiger partial charge in [-0.05, 0) is 29.5 Å². The van der Waals surface area contributed by atoms with Gasteiger partial charge in [0.25, 0.3) is 0 Å². The first-order valence-corrected chi connectivity index (χ1v) is 7.02. The quantitative estimate of drug-likeness (QED) is 0.908. The second kappa shape index (κ2) is 6.98. The van der Waals surface area contributed by atoms with Crippen molar-refractivity contribution < 1.29 is 13.6 Å². The van der Waals surface area contributed by atoms with Gasteiger partial charge in [-0.15, -0.1) is 0 Å². The molecule has 0 aliphatic carbocycles. The molecule has 0 heterocycles. The molecule has 2 N–H and O–H groups in total. The first-order valence-electron chi connectivity index (χ1n) is 7.02. The van der Waals surface area contributed by atoms with Crippen LogP contribution in [-0.4, -0.2) is 23.9 Å². The number of hydrogen-bond donors (Lipinski definition) is 1. The van der Waals surface area contributed by atoms with Crippen molar-refractivity contribution in [2.45, 2.75) is 46.2 Å². The molecule has 0 aliphatic rings. The molecule has 118 valence electrons. The molecule has 21 heavy (non-hydrogen) atoms. The largest absolute Gasteiger partial charge is 0.341 e. The molecule has 1 unspecified atom stereocenters. The highest BCUT2D eigenvalue weighted by molar-refractivity contribution is 5.76. The molecule has 0 aromatic heterocycles. The van der Waals surface area contributed by atoms with E-state index < -0.39 is 11.6 Å². The Hall–Kier alpha value is -1.49. The van der Waals surface area contributed by atoms with Crippen LogP contribution in [0, 0.1) is 17.0 Å². The van der Waals surface area contributed by atoms with E-state index in [4.69, 9.17) is 5.73 Å². The molecule has 5 heteroatoms. The van der Waals surface area contributed by atoms with Gasteiger partial charge in [0, 0.05) is 26.1 Å². The Kier molecular flexibility index (Phi) is 5.84. The molecular formula is C16H24F2N2O. The van der Waals surface area contributed by atoms with Gasteiger partial charge in [0.1, 0.15) is 0 Å². The van der Waals surface area contributed by atoms with E-state index in [1.54, 1.807) is 7.05 Å². The van der Waals surface area contributed by atoms with Crippen LogP contribution in [0.5, 0.6) is 0 Å². The molecule has 1 atom stereocenters. The zero-order valence-corrected chi connectivity index (χ0v) is 13.1. The summed E-state index contributed by atoms with van der Waals surface area (Å²) >= 11 is 0. The van der Waals surface area contributed by atoms with Crippen molar-refractivity contribution in [3.05, 3.63) is 35.4 Å². The van der Waals surface area contributed by atoms with Gasteiger partial charge in [0.05, 0.1) is 0 Å². The van der Waals surface area contributed by atoms with Crippen molar-refractivity contribution >= 4 is 5.91 Å². The predicted molar refractivity (Wildman–Crippen MR) is 79.5 cm³/mol. The van der Waals surface area contributed by atoms with Gasteiger partial charge in [0.2, 0.25) is 5.91 Å². The maximum atomic E-state index is 13.1. The number of hydrogen-bond acceptors (Lipinski definition) is 2. The Morgan fingerprint density at radius 1 is 1.29 bits per heavy atom. The molecular weight excluding hydrogens is 274 g/mol. The number of amides is 1. The van der Waals surface area contributed by atoms with Gasteiger partial charge in [-0.2, -0.15) is 0 Å². The van der Waals surface area contributed by atoms with Gasteiger partial charge >= 0.3 is 0 Å². The molecule has 0 radical (unpaired) electrons. The third kappa shape index (κ3) is 6.21. The summed E-state index contributed by atoms with van der Waals surface area (Å²) in [5.41, 5.74) is 6.60. The number of carbonyl (C=O) groups excluding carboxylic acids is 1. The van der Waals surface area contributed by atoms with Crippen LogP contribution in [0.2, 0.25) is 0 Å². The summed E-state index contributed by atoms with van der Waals surface area (Å²) in [6, 6.07) is 3.43. The van der Waals surface area contributed by atoms with Crippen LogP contribution >= 0.6 is 0 Å². The summed E-state index contributed by atoms with van der Waals surface area (Å²) in [6.07, 6.45) is 0.995. The third-order valence-corrected chi connectivity index (χ3v) is 3.14. The Morgan fingerprint density at radius 2 is 1.90 bits per heavy atom. The number of halogens is 2. The highest BCUT2D eigenvalue weighted by atomic mass is 19.2. The van der Waals surface area contributed by atoms with E-state index in [1.165, 1.54) is 11.0 Å². The van der Waals surface area contributed by atoms with Crippen LogP contribution < -0.4 is 5.73 Å². The Balaban J connectivity index is 2.56. The van der Waals surface area contributed by atoms with E-state index in [0.29, 0.717) is 5.56 Å². The molecule has 1 rings (SSSR count). The van der Waals surface area contributed by atoms with Gasteiger partial charge in [0.15, 0.2) is 11.6 Å². The van der Waals surface area contributed by atoms with E-state index in [1.807, 2.05) is 0 Å². The van der Waals surface area contributed by atoms with E-state index >= 15 is 0 Å². The molecule has 0 fully saturated rings. The maximum absolute atomic E-state index is 13.1. The van der Waals surface area contributed by atoms with Crippen LogP contribution in [0.4, 0.5) is 8.78 Å². The van der Waals surface area contributed by atoms with Crippen molar-refractivity contribution in [3.63, 3.8) is 0 Å². The van der Waals surface area contributed by atoms with Crippen molar-refractivity contribution in [3.8, 4) is 0 Å². The van der Waals surface area contributed by atoms with Gasteiger partial charge in [-0.3, -0.25) is 4.79 Å². The SMILES string of the molecule is CN(Cc1ccc(F)c(F)c1)C(=O)CC(N)CC(C)(C)C. The average Bonchev–Trinajstić information content (AvgIpc) is 2.31. The van der Waals surface area contributed by atoms with Crippen LogP contribution in [-0.2, 0) is 11.3 Å².